The molecule has 0 amide bonds. The normalized spacial score (nSPS) is 15.8. The van der Waals surface area contributed by atoms with Gasteiger partial charge in [-0.05, 0) is 59.7 Å². The highest BCUT2D eigenvalue weighted by molar-refractivity contribution is 6.31. The van der Waals surface area contributed by atoms with Gasteiger partial charge in [-0.2, -0.15) is 0 Å². The van der Waals surface area contributed by atoms with Crippen molar-refractivity contribution in [3.63, 3.8) is 0 Å². The summed E-state index contributed by atoms with van der Waals surface area (Å²) in [6.07, 6.45) is 8.21. The molecule has 1 aromatic heterocycles. The second kappa shape index (κ2) is 9.69. The smallest absolute Gasteiger partial charge is 0.330 e. The summed E-state index contributed by atoms with van der Waals surface area (Å²) in [5.74, 6) is -0.355. The number of nitrogens with one attached hydrogen (secondary N) is 1. The van der Waals surface area contributed by atoms with Crippen LogP contribution < -0.4 is 0 Å². The first kappa shape index (κ1) is 21.6. The van der Waals surface area contributed by atoms with Gasteiger partial charge in [-0.15, -0.1) is 0 Å². The van der Waals surface area contributed by atoms with E-state index in [1.54, 1.807) is 6.08 Å². The number of methoxy groups -OCH3 is 1. The Morgan fingerprint density at radius 3 is 2.97 bits per heavy atom. The van der Waals surface area contributed by atoms with Gasteiger partial charge in [-0.1, -0.05) is 35.9 Å². The Balaban J connectivity index is 1.49. The van der Waals surface area contributed by atoms with E-state index in [-0.39, 0.29) is 12.6 Å². The van der Waals surface area contributed by atoms with Crippen molar-refractivity contribution in [3.8, 4) is 0 Å². The van der Waals surface area contributed by atoms with Gasteiger partial charge in [0.25, 0.3) is 0 Å². The number of benzene rings is 2. The minimum absolute atomic E-state index is 0.134. The lowest BCUT2D eigenvalue weighted by atomic mass is 10.0. The molecule has 0 saturated carbocycles. The van der Waals surface area contributed by atoms with Crippen molar-refractivity contribution in [2.75, 3.05) is 26.8 Å². The number of aliphatic hydroxyl groups excluding tert-OH is 1. The van der Waals surface area contributed by atoms with Gasteiger partial charge in [-0.25, -0.2) is 4.79 Å². The molecule has 0 bridgehead atoms. The molecule has 1 aliphatic rings. The summed E-state index contributed by atoms with van der Waals surface area (Å²) in [4.78, 5) is 17.0. The number of carbonyl (C=O) groups is 1. The maximum atomic E-state index is 11.4. The zero-order valence-electron chi connectivity index (χ0n) is 17.6. The maximum Gasteiger partial charge on any atom is 0.330 e. The first-order valence-electron chi connectivity index (χ1n) is 10.6. The highest BCUT2D eigenvalue weighted by Gasteiger charge is 2.27. The number of aliphatic hydroxyl groups is 1. The Hall–Kier alpha value is -2.60. The van der Waals surface area contributed by atoms with Gasteiger partial charge in [0.1, 0.15) is 0 Å². The minimum atomic E-state index is -0.355. The summed E-state index contributed by atoms with van der Waals surface area (Å²) < 4.78 is 4.67. The van der Waals surface area contributed by atoms with Crippen LogP contribution in [0.3, 0.4) is 0 Å². The Kier molecular flexibility index (Phi) is 6.76. The SMILES string of the molecule is COC(=O)/C=C/c1ccc2c(c1)CCC2N(CCO)CCc1c[nH]c2cc(Cl)ccc12. The number of ether oxygens (including phenoxy) is 1. The molecule has 0 aliphatic heterocycles. The highest BCUT2D eigenvalue weighted by Crippen LogP contribution is 2.36. The molecule has 0 fully saturated rings. The fourth-order valence-corrected chi connectivity index (χ4v) is 4.68. The topological polar surface area (TPSA) is 65.6 Å². The second-order valence-corrected chi connectivity index (χ2v) is 8.32. The van der Waals surface area contributed by atoms with Gasteiger partial charge in [0, 0.05) is 47.3 Å². The molecule has 31 heavy (non-hydrogen) atoms. The van der Waals surface area contributed by atoms with Crippen LogP contribution in [0.1, 0.15) is 34.7 Å². The van der Waals surface area contributed by atoms with Crippen molar-refractivity contribution in [1.29, 1.82) is 0 Å². The van der Waals surface area contributed by atoms with Gasteiger partial charge in [-0.3, -0.25) is 4.90 Å². The molecule has 1 heterocycles. The van der Waals surface area contributed by atoms with E-state index in [0.717, 1.165) is 41.9 Å². The predicted molar refractivity (Wildman–Crippen MR) is 124 cm³/mol. The Morgan fingerprint density at radius 2 is 2.16 bits per heavy atom. The number of hydrogen-bond donors (Lipinski definition) is 2. The molecule has 0 radical (unpaired) electrons. The fourth-order valence-electron chi connectivity index (χ4n) is 4.51. The van der Waals surface area contributed by atoms with Crippen molar-refractivity contribution in [3.05, 3.63) is 75.9 Å². The van der Waals surface area contributed by atoms with E-state index in [1.165, 1.54) is 35.3 Å². The molecule has 0 saturated heterocycles. The molecular formula is C25H27ClN2O3. The summed E-state index contributed by atoms with van der Waals surface area (Å²) >= 11 is 6.10. The zero-order chi connectivity index (χ0) is 21.8. The molecule has 6 heteroatoms. The number of carbonyl (C=O) groups excluding carboxylic acids is 1. The number of fused-ring (bicyclic) bond motifs is 2. The van der Waals surface area contributed by atoms with Crippen molar-refractivity contribution in [2.45, 2.75) is 25.3 Å². The minimum Gasteiger partial charge on any atom is -0.466 e. The summed E-state index contributed by atoms with van der Waals surface area (Å²) in [6, 6.07) is 12.6. The predicted octanol–water partition coefficient (Wildman–Crippen LogP) is 4.53. The molecular weight excluding hydrogens is 412 g/mol. The van der Waals surface area contributed by atoms with E-state index < -0.39 is 0 Å². The molecule has 162 valence electrons. The van der Waals surface area contributed by atoms with Crippen LogP contribution >= 0.6 is 11.6 Å². The number of hydrogen-bond acceptors (Lipinski definition) is 4. The lowest BCUT2D eigenvalue weighted by Crippen LogP contribution is -2.32. The van der Waals surface area contributed by atoms with Crippen LogP contribution in [0.2, 0.25) is 5.02 Å². The number of esters is 1. The van der Waals surface area contributed by atoms with Gasteiger partial charge in [0.15, 0.2) is 0 Å². The lowest BCUT2D eigenvalue weighted by molar-refractivity contribution is -0.134. The molecule has 1 atom stereocenters. The summed E-state index contributed by atoms with van der Waals surface area (Å²) in [5, 5.41) is 11.6. The van der Waals surface area contributed by atoms with E-state index >= 15 is 0 Å². The van der Waals surface area contributed by atoms with Crippen LogP contribution in [-0.2, 0) is 22.4 Å². The van der Waals surface area contributed by atoms with Gasteiger partial charge >= 0.3 is 5.97 Å². The lowest BCUT2D eigenvalue weighted by Gasteiger charge is -2.29. The van der Waals surface area contributed by atoms with Crippen LogP contribution in [-0.4, -0.2) is 47.8 Å². The van der Waals surface area contributed by atoms with Crippen molar-refractivity contribution < 1.29 is 14.6 Å². The third kappa shape index (κ3) is 4.85. The van der Waals surface area contributed by atoms with Gasteiger partial charge in [0.2, 0.25) is 0 Å². The Labute approximate surface area is 187 Å². The first-order valence-corrected chi connectivity index (χ1v) is 11.0. The number of aryl methyl sites for hydroxylation is 1. The first-order chi connectivity index (χ1) is 15.1. The van der Waals surface area contributed by atoms with E-state index in [1.807, 2.05) is 18.2 Å². The quantitative estimate of drug-likeness (QED) is 0.400. The standard InChI is InChI=1S/C25H27ClN2O3/c1-31-25(30)9-3-17-2-6-22-18(14-17)4-8-24(22)28(12-13-29)11-10-19-16-27-23-15-20(26)5-7-21(19)23/h2-3,5-7,9,14-16,24,27,29H,4,8,10-13H2,1H3/b9-3+. The van der Waals surface area contributed by atoms with E-state index in [9.17, 15) is 9.90 Å². The highest BCUT2D eigenvalue weighted by atomic mass is 35.5. The molecule has 3 aromatic rings. The van der Waals surface area contributed by atoms with E-state index in [4.69, 9.17) is 11.6 Å². The van der Waals surface area contributed by atoms with Crippen molar-refractivity contribution in [2.24, 2.45) is 0 Å². The third-order valence-electron chi connectivity index (χ3n) is 6.05. The number of H-pyrrole nitrogens is 1. The number of aromatic nitrogens is 1. The van der Waals surface area contributed by atoms with Crippen LogP contribution in [0.5, 0.6) is 0 Å². The number of nitrogens with zero attached hydrogens (tertiary/aromatic N) is 1. The Bertz CT molecular complexity index is 1110. The zero-order valence-corrected chi connectivity index (χ0v) is 18.4. The van der Waals surface area contributed by atoms with Gasteiger partial charge < -0.3 is 14.8 Å². The van der Waals surface area contributed by atoms with E-state index in [0.29, 0.717) is 12.6 Å². The largest absolute Gasteiger partial charge is 0.466 e. The van der Waals surface area contributed by atoms with Gasteiger partial charge in [0.05, 0.1) is 13.7 Å². The molecule has 2 aromatic carbocycles. The number of halogens is 1. The summed E-state index contributed by atoms with van der Waals surface area (Å²) in [7, 11) is 1.38. The van der Waals surface area contributed by atoms with Crippen LogP contribution in [0.25, 0.3) is 17.0 Å². The van der Waals surface area contributed by atoms with Crippen LogP contribution in [0.4, 0.5) is 0 Å². The molecule has 4 rings (SSSR count). The average molecular weight is 439 g/mol. The summed E-state index contributed by atoms with van der Waals surface area (Å²) in [6.45, 7) is 1.64. The number of aromatic amines is 1. The number of rotatable bonds is 8. The third-order valence-corrected chi connectivity index (χ3v) is 6.29. The van der Waals surface area contributed by atoms with E-state index in [2.05, 4.69) is 39.0 Å². The molecule has 0 spiro atoms. The summed E-state index contributed by atoms with van der Waals surface area (Å²) in [5.41, 5.74) is 5.93. The fraction of sp³-hybridized carbons (Fsp3) is 0.320. The molecule has 5 nitrogen and oxygen atoms in total. The van der Waals surface area contributed by atoms with Crippen LogP contribution in [0.15, 0.2) is 48.7 Å². The average Bonchev–Trinajstić information content (AvgIpc) is 3.38. The van der Waals surface area contributed by atoms with Crippen molar-refractivity contribution in [1.82, 2.24) is 9.88 Å². The molecule has 1 unspecified atom stereocenters. The maximum absolute atomic E-state index is 11.4. The second-order valence-electron chi connectivity index (χ2n) is 7.88. The van der Waals surface area contributed by atoms with Crippen molar-refractivity contribution >= 4 is 34.5 Å². The molecule has 2 N–H and O–H groups in total. The monoisotopic (exact) mass is 438 g/mol. The molecule has 1 aliphatic carbocycles. The van der Waals surface area contributed by atoms with Crippen LogP contribution in [0, 0.1) is 0 Å². The Morgan fingerprint density at radius 1 is 1.29 bits per heavy atom.